The first-order valence-electron chi connectivity index (χ1n) is 25.4. The molecule has 75 heavy (non-hydrogen) atoms. The Morgan fingerprint density at radius 3 is 0.973 bits per heavy atom. The van der Waals surface area contributed by atoms with Crippen LogP contribution in [0.4, 0.5) is 34.6 Å². The second kappa shape index (κ2) is 20.6. The number of hydrogen-bond acceptors (Lipinski definition) is 8. The second-order valence-corrected chi connectivity index (χ2v) is 19.3. The van der Waals surface area contributed by atoms with E-state index in [-0.39, 0.29) is 0 Å². The van der Waals surface area contributed by atoms with Crippen molar-refractivity contribution in [2.75, 3.05) is 9.80 Å². The van der Waals surface area contributed by atoms with E-state index in [1.54, 1.807) is 0 Å². The summed E-state index contributed by atoms with van der Waals surface area (Å²) in [6.07, 6.45) is 0. The lowest BCUT2D eigenvalue weighted by Gasteiger charge is -2.33. The van der Waals surface area contributed by atoms with E-state index in [0.29, 0.717) is 35.2 Å². The fraction of sp³-hybridized carbons (Fsp3) is 0.104. The Morgan fingerprint density at radius 1 is 0.253 bits per heavy atom. The van der Waals surface area contributed by atoms with Gasteiger partial charge in [0.15, 0.2) is 23.3 Å². The van der Waals surface area contributed by atoms with Crippen molar-refractivity contribution in [2.24, 2.45) is 0 Å². The standard InChI is InChI=1S/C67H56N8/c1-43-37-46(4)60(47(5)38-43)74(61-48(6)39-44(2)40-49(61)7)58-35-36-59(45(3)41-58)75(66-70-62(52-23-14-9-15-24-52)68-63(71-66)53-25-16-10-17-26-53)67-72-64(54-27-18-11-19-28-54)69-65(73-67)55-33-31-51(32-34-55)57-30-20-29-56(42-57)50-21-12-8-13-22-50/h8-42H,1-7H3. The summed E-state index contributed by atoms with van der Waals surface area (Å²) in [5.41, 5.74) is 20.2. The Kier molecular flexibility index (Phi) is 13.2. The van der Waals surface area contributed by atoms with Crippen molar-refractivity contribution < 1.29 is 0 Å². The Labute approximate surface area is 439 Å². The molecular formula is C67H56N8. The molecule has 364 valence electrons. The van der Waals surface area contributed by atoms with Crippen LogP contribution in [0.25, 0.3) is 67.8 Å². The van der Waals surface area contributed by atoms with Gasteiger partial charge in [0.1, 0.15) is 0 Å². The lowest BCUT2D eigenvalue weighted by Crippen LogP contribution is -2.20. The van der Waals surface area contributed by atoms with Crippen molar-refractivity contribution in [2.45, 2.75) is 48.5 Å². The van der Waals surface area contributed by atoms with Crippen LogP contribution in [0.1, 0.15) is 38.9 Å². The van der Waals surface area contributed by atoms with Gasteiger partial charge < -0.3 is 4.90 Å². The van der Waals surface area contributed by atoms with Gasteiger partial charge >= 0.3 is 0 Å². The first kappa shape index (κ1) is 47.9. The van der Waals surface area contributed by atoms with Crippen LogP contribution >= 0.6 is 0 Å². The van der Waals surface area contributed by atoms with Crippen LogP contribution < -0.4 is 9.80 Å². The summed E-state index contributed by atoms with van der Waals surface area (Å²) in [6, 6.07) is 73.4. The number of hydrogen-bond donors (Lipinski definition) is 0. The molecule has 0 N–H and O–H groups in total. The molecule has 0 aliphatic heterocycles. The Hall–Kier alpha value is -9.40. The highest BCUT2D eigenvalue weighted by atomic mass is 15.4. The molecule has 2 heterocycles. The molecule has 0 unspecified atom stereocenters. The molecule has 0 spiro atoms. The largest absolute Gasteiger partial charge is 0.309 e. The molecular weight excluding hydrogens is 917 g/mol. The summed E-state index contributed by atoms with van der Waals surface area (Å²) >= 11 is 0. The topological polar surface area (TPSA) is 83.8 Å². The number of rotatable bonds is 12. The zero-order valence-corrected chi connectivity index (χ0v) is 43.3. The highest BCUT2D eigenvalue weighted by Crippen LogP contribution is 2.45. The lowest BCUT2D eigenvalue weighted by atomic mass is 9.98. The van der Waals surface area contributed by atoms with E-state index in [0.717, 1.165) is 67.3 Å². The third kappa shape index (κ3) is 9.94. The molecule has 0 bridgehead atoms. The van der Waals surface area contributed by atoms with E-state index in [1.165, 1.54) is 38.9 Å². The highest BCUT2D eigenvalue weighted by Gasteiger charge is 2.28. The molecule has 9 aromatic carbocycles. The third-order valence-electron chi connectivity index (χ3n) is 13.6. The quantitative estimate of drug-likeness (QED) is 0.120. The van der Waals surface area contributed by atoms with Gasteiger partial charge in [-0.3, -0.25) is 0 Å². The van der Waals surface area contributed by atoms with Crippen LogP contribution in [0.3, 0.4) is 0 Å². The van der Waals surface area contributed by atoms with Crippen molar-refractivity contribution in [1.82, 2.24) is 29.9 Å². The van der Waals surface area contributed by atoms with Crippen molar-refractivity contribution in [3.63, 3.8) is 0 Å². The van der Waals surface area contributed by atoms with E-state index in [4.69, 9.17) is 29.9 Å². The van der Waals surface area contributed by atoms with E-state index < -0.39 is 0 Å². The van der Waals surface area contributed by atoms with E-state index in [9.17, 15) is 0 Å². The summed E-state index contributed by atoms with van der Waals surface area (Å²) < 4.78 is 0. The minimum Gasteiger partial charge on any atom is -0.309 e. The van der Waals surface area contributed by atoms with E-state index in [2.05, 4.69) is 169 Å². The van der Waals surface area contributed by atoms with Gasteiger partial charge in [-0.25, -0.2) is 14.9 Å². The predicted molar refractivity (Wildman–Crippen MR) is 308 cm³/mol. The van der Waals surface area contributed by atoms with E-state index >= 15 is 0 Å². The summed E-state index contributed by atoms with van der Waals surface area (Å²) in [7, 11) is 0. The first-order valence-corrected chi connectivity index (χ1v) is 25.4. The van der Waals surface area contributed by atoms with Gasteiger partial charge in [-0.15, -0.1) is 0 Å². The lowest BCUT2D eigenvalue weighted by molar-refractivity contribution is 0.961. The Balaban J connectivity index is 1.12. The molecule has 0 fully saturated rings. The predicted octanol–water partition coefficient (Wildman–Crippen LogP) is 17.2. The van der Waals surface area contributed by atoms with Gasteiger partial charge in [0.05, 0.1) is 17.1 Å². The molecule has 0 aliphatic carbocycles. The number of benzene rings is 9. The zero-order chi connectivity index (χ0) is 51.6. The van der Waals surface area contributed by atoms with Gasteiger partial charge in [0, 0.05) is 27.9 Å². The fourth-order valence-electron chi connectivity index (χ4n) is 10.3. The molecule has 11 aromatic rings. The summed E-state index contributed by atoms with van der Waals surface area (Å²) in [5.74, 6) is 2.76. The van der Waals surface area contributed by atoms with Crippen LogP contribution in [0.5, 0.6) is 0 Å². The average molecular weight is 973 g/mol. The van der Waals surface area contributed by atoms with E-state index in [1.807, 2.05) is 102 Å². The zero-order valence-electron chi connectivity index (χ0n) is 43.3. The summed E-state index contributed by atoms with van der Waals surface area (Å²) in [6.45, 7) is 15.3. The SMILES string of the molecule is Cc1cc(C)c(N(c2ccc(N(c3nc(-c4ccccc4)nc(-c4ccccc4)n3)c3nc(-c4ccccc4)nc(-c4ccc(-c5cccc(-c6ccccc6)c5)cc4)n3)c(C)c2)c2c(C)cc(C)cc2C)c(C)c1. The minimum atomic E-state index is 0.353. The monoisotopic (exact) mass is 972 g/mol. The average Bonchev–Trinajstić information content (AvgIpc) is 3.43. The Morgan fingerprint density at radius 2 is 0.587 bits per heavy atom. The van der Waals surface area contributed by atoms with Gasteiger partial charge in [-0.05, 0) is 123 Å². The van der Waals surface area contributed by atoms with Gasteiger partial charge in [0.2, 0.25) is 11.9 Å². The molecule has 2 aromatic heterocycles. The first-order chi connectivity index (χ1) is 36.5. The van der Waals surface area contributed by atoms with Crippen molar-refractivity contribution >= 4 is 34.6 Å². The molecule has 0 aliphatic rings. The maximum absolute atomic E-state index is 5.39. The molecule has 0 saturated carbocycles. The fourth-order valence-corrected chi connectivity index (χ4v) is 10.3. The molecule has 0 saturated heterocycles. The van der Waals surface area contributed by atoms with Crippen LogP contribution in [-0.4, -0.2) is 29.9 Å². The maximum atomic E-state index is 5.39. The normalized spacial score (nSPS) is 11.1. The highest BCUT2D eigenvalue weighted by molar-refractivity contribution is 5.86. The molecule has 0 atom stereocenters. The van der Waals surface area contributed by atoms with Crippen LogP contribution in [0.15, 0.2) is 212 Å². The number of aromatic nitrogens is 6. The molecule has 0 radical (unpaired) electrons. The van der Waals surface area contributed by atoms with Crippen LogP contribution in [-0.2, 0) is 0 Å². The Bertz CT molecular complexity index is 3680. The smallest absolute Gasteiger partial charge is 0.241 e. The number of anilines is 6. The van der Waals surface area contributed by atoms with Crippen LogP contribution in [0.2, 0.25) is 0 Å². The van der Waals surface area contributed by atoms with Gasteiger partial charge in [0.25, 0.3) is 0 Å². The van der Waals surface area contributed by atoms with Crippen LogP contribution in [0, 0.1) is 48.5 Å². The second-order valence-electron chi connectivity index (χ2n) is 19.3. The van der Waals surface area contributed by atoms with Gasteiger partial charge in [-0.1, -0.05) is 199 Å². The third-order valence-corrected chi connectivity index (χ3v) is 13.6. The maximum Gasteiger partial charge on any atom is 0.241 e. The number of aryl methyl sites for hydroxylation is 7. The van der Waals surface area contributed by atoms with Gasteiger partial charge in [-0.2, -0.15) is 19.9 Å². The van der Waals surface area contributed by atoms with Crippen molar-refractivity contribution in [3.8, 4) is 67.8 Å². The summed E-state index contributed by atoms with van der Waals surface area (Å²) in [5, 5.41) is 0. The molecule has 0 amide bonds. The molecule has 8 nitrogen and oxygen atoms in total. The molecule has 11 rings (SSSR count). The summed E-state index contributed by atoms with van der Waals surface area (Å²) in [4.78, 5) is 36.0. The van der Waals surface area contributed by atoms with Crippen molar-refractivity contribution in [3.05, 3.63) is 251 Å². The number of nitrogens with zero attached hydrogens (tertiary/aromatic N) is 8. The molecule has 8 heteroatoms. The minimum absolute atomic E-state index is 0.353. The van der Waals surface area contributed by atoms with Crippen molar-refractivity contribution in [1.29, 1.82) is 0 Å².